The summed E-state index contributed by atoms with van der Waals surface area (Å²) in [5, 5.41) is 9.04. The molecule has 0 aliphatic rings. The molecule has 6 heteroatoms. The molecule has 1 amide bonds. The molecule has 0 radical (unpaired) electrons. The molecular formula is C8H13BrN4O. The van der Waals surface area contributed by atoms with E-state index in [4.69, 9.17) is 5.73 Å². The Balaban J connectivity index is 2.62. The molecule has 1 heterocycles. The van der Waals surface area contributed by atoms with E-state index in [1.54, 1.807) is 6.20 Å². The molecule has 1 atom stereocenters. The summed E-state index contributed by atoms with van der Waals surface area (Å²) in [5.74, 6) is 0.424. The number of carbonyl (C=O) groups excluding carboxylic acids is 1. The molecule has 4 N–H and O–H groups in total. The standard InChI is InChI=1S/C8H13BrN4O/c1-4(2)6(10)8(14)12-7-5(9)3-11-13-7/h3-4,6H,10H2,1-2H3,(H2,11,12,13,14)/t6-/m0/s1. The number of carbonyl (C=O) groups is 1. The molecule has 1 rings (SSSR count). The zero-order valence-electron chi connectivity index (χ0n) is 8.04. The molecule has 0 aliphatic carbocycles. The normalized spacial score (nSPS) is 12.9. The zero-order valence-corrected chi connectivity index (χ0v) is 9.63. The van der Waals surface area contributed by atoms with Gasteiger partial charge in [0, 0.05) is 0 Å². The number of nitrogens with two attached hydrogens (primary N) is 1. The number of nitrogens with zero attached hydrogens (tertiary/aromatic N) is 1. The molecule has 78 valence electrons. The smallest absolute Gasteiger partial charge is 0.242 e. The van der Waals surface area contributed by atoms with Crippen molar-refractivity contribution >= 4 is 27.7 Å². The molecule has 0 unspecified atom stereocenters. The summed E-state index contributed by atoms with van der Waals surface area (Å²) in [7, 11) is 0. The Morgan fingerprint density at radius 3 is 2.79 bits per heavy atom. The van der Waals surface area contributed by atoms with E-state index in [2.05, 4.69) is 31.4 Å². The third-order valence-corrected chi connectivity index (χ3v) is 2.46. The summed E-state index contributed by atoms with van der Waals surface area (Å²) in [5.41, 5.74) is 5.67. The van der Waals surface area contributed by atoms with Crippen LogP contribution in [0.15, 0.2) is 10.7 Å². The molecule has 0 saturated heterocycles. The van der Waals surface area contributed by atoms with Crippen molar-refractivity contribution in [2.45, 2.75) is 19.9 Å². The van der Waals surface area contributed by atoms with Crippen LogP contribution in [0.3, 0.4) is 0 Å². The molecular weight excluding hydrogens is 248 g/mol. The van der Waals surface area contributed by atoms with Crippen LogP contribution in [0.25, 0.3) is 0 Å². The van der Waals surface area contributed by atoms with E-state index in [-0.39, 0.29) is 11.8 Å². The molecule has 14 heavy (non-hydrogen) atoms. The van der Waals surface area contributed by atoms with Crippen molar-refractivity contribution in [3.05, 3.63) is 10.7 Å². The summed E-state index contributed by atoms with van der Waals surface area (Å²) in [6.07, 6.45) is 1.57. The Kier molecular flexibility index (Phi) is 3.65. The van der Waals surface area contributed by atoms with Crippen LogP contribution in [0, 0.1) is 5.92 Å². The highest BCUT2D eigenvalue weighted by Crippen LogP contribution is 2.18. The summed E-state index contributed by atoms with van der Waals surface area (Å²) in [4.78, 5) is 11.5. The Bertz CT molecular complexity index is 323. The third kappa shape index (κ3) is 2.55. The second-order valence-corrected chi connectivity index (χ2v) is 4.21. The van der Waals surface area contributed by atoms with Gasteiger partial charge in [-0.3, -0.25) is 9.89 Å². The number of nitrogens with one attached hydrogen (secondary N) is 2. The number of halogens is 1. The highest BCUT2D eigenvalue weighted by Gasteiger charge is 2.18. The molecule has 0 spiro atoms. The maximum absolute atomic E-state index is 11.5. The number of H-pyrrole nitrogens is 1. The predicted molar refractivity (Wildman–Crippen MR) is 57.7 cm³/mol. The van der Waals surface area contributed by atoms with Crippen LogP contribution in [-0.2, 0) is 4.79 Å². The highest BCUT2D eigenvalue weighted by molar-refractivity contribution is 9.10. The van der Waals surface area contributed by atoms with Gasteiger partial charge < -0.3 is 11.1 Å². The number of amides is 1. The Hall–Kier alpha value is -0.880. The van der Waals surface area contributed by atoms with Crippen LogP contribution >= 0.6 is 15.9 Å². The van der Waals surface area contributed by atoms with E-state index >= 15 is 0 Å². The van der Waals surface area contributed by atoms with Crippen molar-refractivity contribution in [3.63, 3.8) is 0 Å². The van der Waals surface area contributed by atoms with Crippen LogP contribution in [0.4, 0.5) is 5.82 Å². The Labute approximate surface area is 90.6 Å². The summed E-state index contributed by atoms with van der Waals surface area (Å²) < 4.78 is 0.710. The SMILES string of the molecule is CC(C)[C@H](N)C(=O)Nc1[nH]ncc1Br. The van der Waals surface area contributed by atoms with E-state index < -0.39 is 6.04 Å². The van der Waals surface area contributed by atoms with E-state index in [0.29, 0.717) is 10.3 Å². The van der Waals surface area contributed by atoms with Crippen LogP contribution in [0.2, 0.25) is 0 Å². The largest absolute Gasteiger partial charge is 0.320 e. The lowest BCUT2D eigenvalue weighted by Crippen LogP contribution is -2.39. The molecule has 0 saturated carbocycles. The van der Waals surface area contributed by atoms with E-state index in [1.807, 2.05) is 13.8 Å². The second kappa shape index (κ2) is 4.56. The van der Waals surface area contributed by atoms with Gasteiger partial charge in [0.1, 0.15) is 5.82 Å². The predicted octanol–water partition coefficient (Wildman–Crippen LogP) is 1.09. The maximum atomic E-state index is 11.5. The lowest BCUT2D eigenvalue weighted by atomic mass is 10.1. The minimum absolute atomic E-state index is 0.108. The topological polar surface area (TPSA) is 83.8 Å². The first-order chi connectivity index (χ1) is 6.52. The van der Waals surface area contributed by atoms with Crippen molar-refractivity contribution in [1.82, 2.24) is 10.2 Å². The minimum atomic E-state index is -0.509. The van der Waals surface area contributed by atoms with Crippen LogP contribution in [0.5, 0.6) is 0 Å². The second-order valence-electron chi connectivity index (χ2n) is 3.35. The fraction of sp³-hybridized carbons (Fsp3) is 0.500. The molecule has 0 fully saturated rings. The van der Waals surface area contributed by atoms with Gasteiger partial charge in [0.2, 0.25) is 5.91 Å². The zero-order chi connectivity index (χ0) is 10.7. The molecule has 5 nitrogen and oxygen atoms in total. The minimum Gasteiger partial charge on any atom is -0.320 e. The van der Waals surface area contributed by atoms with Gasteiger partial charge in [0.25, 0.3) is 0 Å². The Morgan fingerprint density at radius 2 is 2.36 bits per heavy atom. The quantitative estimate of drug-likeness (QED) is 0.761. The fourth-order valence-corrected chi connectivity index (χ4v) is 1.16. The molecule has 1 aromatic rings. The van der Waals surface area contributed by atoms with Gasteiger partial charge in [-0.2, -0.15) is 5.10 Å². The summed E-state index contributed by atoms with van der Waals surface area (Å²) in [6.45, 7) is 3.79. The number of aromatic nitrogens is 2. The molecule has 0 bridgehead atoms. The van der Waals surface area contributed by atoms with Crippen molar-refractivity contribution in [3.8, 4) is 0 Å². The van der Waals surface area contributed by atoms with Gasteiger partial charge >= 0.3 is 0 Å². The van der Waals surface area contributed by atoms with Gasteiger partial charge in [0.05, 0.1) is 16.7 Å². The van der Waals surface area contributed by atoms with Gasteiger partial charge in [0.15, 0.2) is 0 Å². The lowest BCUT2D eigenvalue weighted by Gasteiger charge is -2.14. The summed E-state index contributed by atoms with van der Waals surface area (Å²) in [6, 6.07) is -0.509. The first-order valence-corrected chi connectivity index (χ1v) is 5.07. The average Bonchev–Trinajstić information content (AvgIpc) is 2.50. The van der Waals surface area contributed by atoms with E-state index in [9.17, 15) is 4.79 Å². The molecule has 0 aliphatic heterocycles. The number of rotatable bonds is 3. The van der Waals surface area contributed by atoms with Gasteiger partial charge in [-0.1, -0.05) is 13.8 Å². The van der Waals surface area contributed by atoms with Crippen molar-refractivity contribution in [1.29, 1.82) is 0 Å². The average molecular weight is 261 g/mol. The first-order valence-electron chi connectivity index (χ1n) is 4.27. The van der Waals surface area contributed by atoms with Gasteiger partial charge in [-0.05, 0) is 21.8 Å². The summed E-state index contributed by atoms with van der Waals surface area (Å²) >= 11 is 3.23. The van der Waals surface area contributed by atoms with Crippen LogP contribution in [-0.4, -0.2) is 22.1 Å². The Morgan fingerprint density at radius 1 is 1.71 bits per heavy atom. The molecule has 1 aromatic heterocycles. The van der Waals surface area contributed by atoms with Crippen LogP contribution < -0.4 is 11.1 Å². The first kappa shape index (κ1) is 11.2. The number of hydrogen-bond donors (Lipinski definition) is 3. The maximum Gasteiger partial charge on any atom is 0.242 e. The molecule has 0 aromatic carbocycles. The highest BCUT2D eigenvalue weighted by atomic mass is 79.9. The van der Waals surface area contributed by atoms with E-state index in [0.717, 1.165) is 0 Å². The van der Waals surface area contributed by atoms with Crippen molar-refractivity contribution in [2.24, 2.45) is 11.7 Å². The number of anilines is 1. The van der Waals surface area contributed by atoms with Gasteiger partial charge in [-0.15, -0.1) is 0 Å². The number of aromatic amines is 1. The third-order valence-electron chi connectivity index (χ3n) is 1.86. The van der Waals surface area contributed by atoms with E-state index in [1.165, 1.54) is 0 Å². The lowest BCUT2D eigenvalue weighted by molar-refractivity contribution is -0.118. The van der Waals surface area contributed by atoms with Crippen molar-refractivity contribution in [2.75, 3.05) is 5.32 Å². The van der Waals surface area contributed by atoms with Crippen LogP contribution in [0.1, 0.15) is 13.8 Å². The monoisotopic (exact) mass is 260 g/mol. The van der Waals surface area contributed by atoms with Gasteiger partial charge in [-0.25, -0.2) is 0 Å². The van der Waals surface area contributed by atoms with Crippen molar-refractivity contribution < 1.29 is 4.79 Å². The number of hydrogen-bond acceptors (Lipinski definition) is 3. The fourth-order valence-electron chi connectivity index (χ4n) is 0.868.